The first kappa shape index (κ1) is 14.8. The minimum atomic E-state index is -0.0561. The minimum absolute atomic E-state index is 0.0561. The second-order valence-corrected chi connectivity index (χ2v) is 5.48. The van der Waals surface area contributed by atoms with Crippen LogP contribution in [0.15, 0.2) is 23.6 Å². The number of aromatic nitrogens is 1. The molecule has 0 unspecified atom stereocenters. The maximum absolute atomic E-state index is 9.35. The molecule has 0 aliphatic heterocycles. The maximum atomic E-state index is 9.35. The summed E-state index contributed by atoms with van der Waals surface area (Å²) in [4.78, 5) is 4.35. The molecule has 0 radical (unpaired) electrons. The Hall–Kier alpha value is -1.59. The molecule has 1 heterocycles. The van der Waals surface area contributed by atoms with Crippen LogP contribution < -0.4 is 9.47 Å². The lowest BCUT2D eigenvalue weighted by Gasteiger charge is -2.12. The molecular formula is C15H19NO3S. The molecule has 0 bridgehead atoms. The van der Waals surface area contributed by atoms with Crippen LogP contribution in [0, 0.1) is 6.92 Å². The number of benzene rings is 1. The second kappa shape index (κ2) is 7.26. The number of aliphatic hydroxyl groups is 1. The first-order valence-corrected chi connectivity index (χ1v) is 7.51. The van der Waals surface area contributed by atoms with Gasteiger partial charge in [-0.25, -0.2) is 4.98 Å². The summed E-state index contributed by atoms with van der Waals surface area (Å²) in [6.45, 7) is 5.04. The van der Waals surface area contributed by atoms with Crippen LogP contribution in [-0.2, 0) is 13.2 Å². The maximum Gasteiger partial charge on any atom is 0.131 e. The molecule has 0 saturated heterocycles. The summed E-state index contributed by atoms with van der Waals surface area (Å²) in [6, 6.07) is 5.49. The van der Waals surface area contributed by atoms with Crippen LogP contribution in [0.5, 0.6) is 11.5 Å². The average molecular weight is 293 g/mol. The van der Waals surface area contributed by atoms with Crippen LogP contribution in [0.3, 0.4) is 0 Å². The zero-order valence-corrected chi connectivity index (χ0v) is 12.6. The van der Waals surface area contributed by atoms with Gasteiger partial charge in [-0.2, -0.15) is 0 Å². The van der Waals surface area contributed by atoms with Gasteiger partial charge in [0.2, 0.25) is 0 Å². The van der Waals surface area contributed by atoms with Gasteiger partial charge in [-0.3, -0.25) is 0 Å². The molecule has 4 nitrogen and oxygen atoms in total. The quantitative estimate of drug-likeness (QED) is 0.851. The van der Waals surface area contributed by atoms with Gasteiger partial charge in [0.15, 0.2) is 0 Å². The zero-order chi connectivity index (χ0) is 14.4. The number of thiazole rings is 1. The molecule has 108 valence electrons. The molecule has 1 aromatic heterocycles. The molecule has 0 amide bonds. The van der Waals surface area contributed by atoms with E-state index in [0.717, 1.165) is 28.4 Å². The fourth-order valence-electron chi connectivity index (χ4n) is 1.74. The van der Waals surface area contributed by atoms with Gasteiger partial charge in [-0.15, -0.1) is 11.3 Å². The van der Waals surface area contributed by atoms with E-state index in [-0.39, 0.29) is 6.61 Å². The van der Waals surface area contributed by atoms with Gasteiger partial charge in [0.25, 0.3) is 0 Å². The first-order chi connectivity index (χ1) is 9.72. The van der Waals surface area contributed by atoms with Crippen molar-refractivity contribution in [2.45, 2.75) is 33.5 Å². The highest BCUT2D eigenvalue weighted by molar-refractivity contribution is 7.09. The number of rotatable bonds is 7. The average Bonchev–Trinajstić information content (AvgIpc) is 2.88. The highest BCUT2D eigenvalue weighted by Crippen LogP contribution is 2.26. The van der Waals surface area contributed by atoms with Crippen molar-refractivity contribution in [3.05, 3.63) is 39.8 Å². The molecule has 2 aromatic rings. The van der Waals surface area contributed by atoms with Crippen molar-refractivity contribution in [1.29, 1.82) is 0 Å². The molecule has 0 spiro atoms. The van der Waals surface area contributed by atoms with Crippen molar-refractivity contribution in [3.63, 3.8) is 0 Å². The Morgan fingerprint density at radius 1 is 1.30 bits per heavy atom. The minimum Gasteiger partial charge on any atom is -0.493 e. The molecular weight excluding hydrogens is 274 g/mol. The Morgan fingerprint density at radius 2 is 2.15 bits per heavy atom. The van der Waals surface area contributed by atoms with Crippen LogP contribution >= 0.6 is 11.3 Å². The Kier molecular flexibility index (Phi) is 5.38. The molecule has 0 fully saturated rings. The summed E-state index contributed by atoms with van der Waals surface area (Å²) in [7, 11) is 0. The molecule has 1 aromatic carbocycles. The standard InChI is InChI=1S/C15H19NO3S/c1-3-6-18-14-5-4-12(8-17)15(7-14)19-9-13-10-20-11(2)16-13/h4-5,7,10,17H,3,6,8-9H2,1-2H3. The third kappa shape index (κ3) is 3.95. The van der Waals surface area contributed by atoms with E-state index in [2.05, 4.69) is 11.9 Å². The number of aryl methyl sites for hydroxylation is 1. The van der Waals surface area contributed by atoms with Gasteiger partial charge in [0, 0.05) is 17.0 Å². The first-order valence-electron chi connectivity index (χ1n) is 6.63. The van der Waals surface area contributed by atoms with E-state index in [1.807, 2.05) is 30.5 Å². The van der Waals surface area contributed by atoms with E-state index in [9.17, 15) is 5.11 Å². The molecule has 0 saturated carbocycles. The van der Waals surface area contributed by atoms with Crippen molar-refractivity contribution in [1.82, 2.24) is 4.98 Å². The number of nitrogens with zero attached hydrogens (tertiary/aromatic N) is 1. The van der Waals surface area contributed by atoms with Crippen molar-refractivity contribution >= 4 is 11.3 Å². The topological polar surface area (TPSA) is 51.6 Å². The highest BCUT2D eigenvalue weighted by Gasteiger charge is 2.07. The van der Waals surface area contributed by atoms with E-state index in [1.54, 1.807) is 11.3 Å². The van der Waals surface area contributed by atoms with E-state index in [0.29, 0.717) is 19.0 Å². The smallest absolute Gasteiger partial charge is 0.131 e. The lowest BCUT2D eigenvalue weighted by atomic mass is 10.2. The van der Waals surface area contributed by atoms with E-state index >= 15 is 0 Å². The molecule has 0 aliphatic carbocycles. The summed E-state index contributed by atoms with van der Waals surface area (Å²) in [6.07, 6.45) is 0.954. The summed E-state index contributed by atoms with van der Waals surface area (Å²) in [5.41, 5.74) is 1.65. The number of hydrogen-bond donors (Lipinski definition) is 1. The Bertz CT molecular complexity index is 554. The summed E-state index contributed by atoms with van der Waals surface area (Å²) < 4.78 is 11.3. The van der Waals surface area contributed by atoms with Gasteiger partial charge < -0.3 is 14.6 Å². The summed E-state index contributed by atoms with van der Waals surface area (Å²) in [5.74, 6) is 1.40. The third-order valence-electron chi connectivity index (χ3n) is 2.72. The van der Waals surface area contributed by atoms with Crippen LogP contribution in [0.25, 0.3) is 0 Å². The predicted molar refractivity (Wildman–Crippen MR) is 79.3 cm³/mol. The predicted octanol–water partition coefficient (Wildman–Crippen LogP) is 3.31. The molecule has 5 heteroatoms. The molecule has 0 atom stereocenters. The van der Waals surface area contributed by atoms with Gasteiger partial charge in [0.05, 0.1) is 23.9 Å². The third-order valence-corrected chi connectivity index (χ3v) is 3.55. The van der Waals surface area contributed by atoms with Crippen LogP contribution in [-0.4, -0.2) is 16.7 Å². The molecule has 0 aliphatic rings. The molecule has 20 heavy (non-hydrogen) atoms. The largest absolute Gasteiger partial charge is 0.493 e. The monoisotopic (exact) mass is 293 g/mol. The highest BCUT2D eigenvalue weighted by atomic mass is 32.1. The lowest BCUT2D eigenvalue weighted by molar-refractivity contribution is 0.255. The van der Waals surface area contributed by atoms with Gasteiger partial charge in [0.1, 0.15) is 18.1 Å². The Labute approximate surface area is 123 Å². The fourth-order valence-corrected chi connectivity index (χ4v) is 2.33. The van der Waals surface area contributed by atoms with Crippen LogP contribution in [0.1, 0.15) is 29.6 Å². The van der Waals surface area contributed by atoms with E-state index < -0.39 is 0 Å². The molecule has 1 N–H and O–H groups in total. The SMILES string of the molecule is CCCOc1ccc(CO)c(OCc2csc(C)n2)c1. The van der Waals surface area contributed by atoms with Crippen molar-refractivity contribution in [3.8, 4) is 11.5 Å². The van der Waals surface area contributed by atoms with E-state index in [4.69, 9.17) is 9.47 Å². The Balaban J connectivity index is 2.07. The zero-order valence-electron chi connectivity index (χ0n) is 11.8. The van der Waals surface area contributed by atoms with Gasteiger partial charge in [-0.05, 0) is 25.5 Å². The number of ether oxygens (including phenoxy) is 2. The van der Waals surface area contributed by atoms with E-state index in [1.165, 1.54) is 0 Å². The normalized spacial score (nSPS) is 10.6. The van der Waals surface area contributed by atoms with Crippen LogP contribution in [0.2, 0.25) is 0 Å². The summed E-state index contributed by atoms with van der Waals surface area (Å²) in [5, 5.41) is 12.3. The van der Waals surface area contributed by atoms with Crippen molar-refractivity contribution in [2.75, 3.05) is 6.61 Å². The summed E-state index contributed by atoms with van der Waals surface area (Å²) >= 11 is 1.60. The number of hydrogen-bond acceptors (Lipinski definition) is 5. The van der Waals surface area contributed by atoms with Gasteiger partial charge in [-0.1, -0.05) is 6.92 Å². The lowest BCUT2D eigenvalue weighted by Crippen LogP contribution is -2.01. The number of aliphatic hydroxyl groups excluding tert-OH is 1. The van der Waals surface area contributed by atoms with Crippen molar-refractivity contribution in [2.24, 2.45) is 0 Å². The fraction of sp³-hybridized carbons (Fsp3) is 0.400. The molecule has 2 rings (SSSR count). The second-order valence-electron chi connectivity index (χ2n) is 4.42. The Morgan fingerprint density at radius 3 is 2.80 bits per heavy atom. The van der Waals surface area contributed by atoms with Crippen LogP contribution in [0.4, 0.5) is 0 Å². The van der Waals surface area contributed by atoms with Crippen molar-refractivity contribution < 1.29 is 14.6 Å². The van der Waals surface area contributed by atoms with Gasteiger partial charge >= 0.3 is 0 Å².